The zero-order chi connectivity index (χ0) is 21.3. The number of ether oxygens (including phenoxy) is 2. The minimum absolute atomic E-state index is 0.0190. The normalized spacial score (nSPS) is 26.1. The number of rotatable bonds is 6. The van der Waals surface area contributed by atoms with Crippen LogP contribution in [0.1, 0.15) is 68.3 Å². The van der Waals surface area contributed by atoms with Crippen LogP contribution in [0.4, 0.5) is 0 Å². The largest absolute Gasteiger partial charge is 0.491 e. The molecule has 0 N–H and O–H groups in total. The maximum Gasteiger partial charge on any atom is 0.339 e. The summed E-state index contributed by atoms with van der Waals surface area (Å²) in [5.41, 5.74) is 0.991. The number of likely N-dealkylation sites (N-methyl/N-ethyl adjacent to an activating group) is 1. The van der Waals surface area contributed by atoms with Gasteiger partial charge in [0.25, 0.3) is 0 Å². The highest BCUT2D eigenvalue weighted by atomic mass is 16.6. The van der Waals surface area contributed by atoms with Crippen molar-refractivity contribution in [3.63, 3.8) is 0 Å². The quantitative estimate of drug-likeness (QED) is 0.666. The van der Waals surface area contributed by atoms with Crippen molar-refractivity contribution in [2.75, 3.05) is 33.2 Å². The summed E-state index contributed by atoms with van der Waals surface area (Å²) in [5.74, 6) is 0.674. The third kappa shape index (κ3) is 4.20. The van der Waals surface area contributed by atoms with E-state index in [4.69, 9.17) is 9.47 Å². The predicted octanol–water partition coefficient (Wildman–Crippen LogP) is 3.58. The lowest BCUT2D eigenvalue weighted by molar-refractivity contribution is -0.137. The van der Waals surface area contributed by atoms with Gasteiger partial charge in [0, 0.05) is 31.6 Å². The summed E-state index contributed by atoms with van der Waals surface area (Å²) in [6.45, 7) is 7.99. The lowest BCUT2D eigenvalue weighted by atomic mass is 9.74. The summed E-state index contributed by atoms with van der Waals surface area (Å²) in [5, 5.41) is 0. The number of esters is 1. The lowest BCUT2D eigenvalue weighted by Crippen LogP contribution is -2.41. The van der Waals surface area contributed by atoms with Crippen molar-refractivity contribution in [3.8, 4) is 5.75 Å². The molecular weight excluding hydrogens is 380 g/mol. The Bertz CT molecular complexity index is 792. The van der Waals surface area contributed by atoms with Crippen molar-refractivity contribution in [2.24, 2.45) is 5.92 Å². The molecule has 0 radical (unpaired) electrons. The average molecular weight is 415 g/mol. The first kappa shape index (κ1) is 21.2. The molecule has 3 aliphatic rings. The third-order valence-electron chi connectivity index (χ3n) is 6.83. The van der Waals surface area contributed by atoms with Crippen molar-refractivity contribution in [2.45, 2.75) is 64.1 Å². The van der Waals surface area contributed by atoms with E-state index in [-0.39, 0.29) is 23.9 Å². The van der Waals surface area contributed by atoms with Crippen LogP contribution >= 0.6 is 0 Å². The summed E-state index contributed by atoms with van der Waals surface area (Å²) in [7, 11) is 1.92. The Hall–Kier alpha value is -2.08. The van der Waals surface area contributed by atoms with E-state index in [1.54, 1.807) is 6.07 Å². The molecule has 1 aliphatic carbocycles. The summed E-state index contributed by atoms with van der Waals surface area (Å²) in [6.07, 6.45) is 5.51. The van der Waals surface area contributed by atoms with Gasteiger partial charge in [0.05, 0.1) is 11.7 Å². The highest BCUT2D eigenvalue weighted by molar-refractivity contribution is 5.95. The van der Waals surface area contributed by atoms with Gasteiger partial charge in [-0.15, -0.1) is 0 Å². The minimum Gasteiger partial charge on any atom is -0.491 e. The van der Waals surface area contributed by atoms with Crippen molar-refractivity contribution >= 4 is 11.9 Å². The fraction of sp³-hybridized carbons (Fsp3) is 0.667. The minimum atomic E-state index is -0.576. The van der Waals surface area contributed by atoms with Crippen LogP contribution in [-0.2, 0) is 15.1 Å². The first-order chi connectivity index (χ1) is 14.4. The number of fused-ring (bicyclic) bond motifs is 2. The number of nitrogens with zero attached hydrogens (tertiary/aromatic N) is 2. The highest BCUT2D eigenvalue weighted by Gasteiger charge is 2.48. The van der Waals surface area contributed by atoms with Gasteiger partial charge in [-0.2, -0.15) is 0 Å². The lowest BCUT2D eigenvalue weighted by Gasteiger charge is -2.37. The van der Waals surface area contributed by atoms with Crippen LogP contribution in [-0.4, -0.2) is 61.0 Å². The molecule has 6 heteroatoms. The van der Waals surface area contributed by atoms with Crippen LogP contribution in [0, 0.1) is 5.92 Å². The molecule has 164 valence electrons. The maximum atomic E-state index is 12.9. The van der Waals surface area contributed by atoms with Gasteiger partial charge < -0.3 is 19.3 Å². The number of carbonyl (C=O) groups is 2. The molecule has 4 rings (SSSR count). The van der Waals surface area contributed by atoms with Crippen molar-refractivity contribution in [1.82, 2.24) is 9.80 Å². The first-order valence-corrected chi connectivity index (χ1v) is 11.4. The molecule has 30 heavy (non-hydrogen) atoms. The zero-order valence-electron chi connectivity index (χ0n) is 18.5. The molecule has 1 spiro atoms. The Balaban J connectivity index is 1.37. The number of likely N-dealkylation sites (tertiary alicyclic amines) is 1. The Morgan fingerprint density at radius 1 is 1.27 bits per heavy atom. The van der Waals surface area contributed by atoms with E-state index in [1.807, 2.05) is 37.9 Å². The molecule has 1 saturated carbocycles. The molecule has 1 aromatic carbocycles. The Kier molecular flexibility index (Phi) is 6.05. The number of hydrogen-bond acceptors (Lipinski definition) is 5. The summed E-state index contributed by atoms with van der Waals surface area (Å²) < 4.78 is 11.6. The molecule has 0 atom stereocenters. The van der Waals surface area contributed by atoms with Crippen LogP contribution in [0.2, 0.25) is 0 Å². The fourth-order valence-corrected chi connectivity index (χ4v) is 5.14. The van der Waals surface area contributed by atoms with E-state index in [0.717, 1.165) is 44.6 Å². The number of benzene rings is 1. The second-order valence-electron chi connectivity index (χ2n) is 9.34. The monoisotopic (exact) mass is 414 g/mol. The second-order valence-corrected chi connectivity index (χ2v) is 9.34. The summed E-state index contributed by atoms with van der Waals surface area (Å²) in [6, 6.07) is 5.70. The van der Waals surface area contributed by atoms with Gasteiger partial charge in [0.15, 0.2) is 0 Å². The van der Waals surface area contributed by atoms with Crippen molar-refractivity contribution in [3.05, 3.63) is 29.3 Å². The van der Waals surface area contributed by atoms with Crippen LogP contribution in [0.15, 0.2) is 18.2 Å². The van der Waals surface area contributed by atoms with E-state index in [0.29, 0.717) is 24.2 Å². The fourth-order valence-electron chi connectivity index (χ4n) is 5.14. The zero-order valence-corrected chi connectivity index (χ0v) is 18.5. The van der Waals surface area contributed by atoms with Crippen LogP contribution in [0.3, 0.4) is 0 Å². The standard InChI is InChI=1S/C24H34N2O4/c1-17(2)29-19-6-7-21-20(16-19)23(28)30-24(21)10-8-18(9-11-24)22(27)25(3)14-15-26-12-4-5-13-26/h6-7,16-18H,4-5,8-15H2,1-3H3. The van der Waals surface area contributed by atoms with Crippen molar-refractivity contribution < 1.29 is 19.1 Å². The average Bonchev–Trinajstić information content (AvgIpc) is 3.33. The van der Waals surface area contributed by atoms with Crippen LogP contribution < -0.4 is 4.74 Å². The predicted molar refractivity (Wildman–Crippen MR) is 115 cm³/mol. The van der Waals surface area contributed by atoms with E-state index < -0.39 is 5.60 Å². The molecule has 2 aliphatic heterocycles. The van der Waals surface area contributed by atoms with Crippen LogP contribution in [0.5, 0.6) is 5.75 Å². The van der Waals surface area contributed by atoms with E-state index >= 15 is 0 Å². The Labute approximate surface area is 179 Å². The molecule has 1 amide bonds. The first-order valence-electron chi connectivity index (χ1n) is 11.4. The molecule has 2 fully saturated rings. The smallest absolute Gasteiger partial charge is 0.339 e. The number of carbonyl (C=O) groups excluding carboxylic acids is 2. The van der Waals surface area contributed by atoms with E-state index in [2.05, 4.69) is 4.90 Å². The second kappa shape index (κ2) is 8.58. The molecule has 0 unspecified atom stereocenters. The SMILES string of the molecule is CC(C)Oc1ccc2c(c1)C(=O)OC21CCC(C(=O)N(C)CCN2CCCC2)CC1. The Morgan fingerprint density at radius 3 is 2.63 bits per heavy atom. The maximum absolute atomic E-state index is 12.9. The van der Waals surface area contributed by atoms with Gasteiger partial charge in [0.1, 0.15) is 11.4 Å². The highest BCUT2D eigenvalue weighted by Crippen LogP contribution is 2.49. The molecule has 1 aromatic rings. The van der Waals surface area contributed by atoms with Gasteiger partial charge in [-0.1, -0.05) is 6.07 Å². The summed E-state index contributed by atoms with van der Waals surface area (Å²) >= 11 is 0. The topological polar surface area (TPSA) is 59.1 Å². The third-order valence-corrected chi connectivity index (χ3v) is 6.83. The number of amides is 1. The van der Waals surface area contributed by atoms with Crippen molar-refractivity contribution in [1.29, 1.82) is 0 Å². The molecule has 0 aromatic heterocycles. The number of hydrogen-bond donors (Lipinski definition) is 0. The van der Waals surface area contributed by atoms with E-state index in [1.165, 1.54) is 12.8 Å². The molecular formula is C24H34N2O4. The van der Waals surface area contributed by atoms with Gasteiger partial charge in [-0.05, 0) is 77.6 Å². The molecule has 2 heterocycles. The van der Waals surface area contributed by atoms with Gasteiger partial charge in [0.2, 0.25) is 5.91 Å². The molecule has 6 nitrogen and oxygen atoms in total. The molecule has 0 bridgehead atoms. The van der Waals surface area contributed by atoms with Crippen LogP contribution in [0.25, 0.3) is 0 Å². The van der Waals surface area contributed by atoms with Gasteiger partial charge >= 0.3 is 5.97 Å². The van der Waals surface area contributed by atoms with Gasteiger partial charge in [-0.25, -0.2) is 4.79 Å². The summed E-state index contributed by atoms with van der Waals surface area (Å²) in [4.78, 5) is 29.8. The van der Waals surface area contributed by atoms with Gasteiger partial charge in [-0.3, -0.25) is 4.79 Å². The Morgan fingerprint density at radius 2 is 1.97 bits per heavy atom. The van der Waals surface area contributed by atoms with E-state index in [9.17, 15) is 9.59 Å². The molecule has 1 saturated heterocycles.